The molecule has 3 rings (SSSR count). The molecule has 1 atom stereocenters. The normalized spacial score (nSPS) is 12.0. The smallest absolute Gasteiger partial charge is 0.237 e. The molecule has 5 nitrogen and oxygen atoms in total. The van der Waals surface area contributed by atoms with E-state index in [2.05, 4.69) is 15.5 Å². The maximum Gasteiger partial charge on any atom is 0.237 e. The highest BCUT2D eigenvalue weighted by Crippen LogP contribution is 2.27. The summed E-state index contributed by atoms with van der Waals surface area (Å²) in [5.41, 5.74) is 5.13. The zero-order chi connectivity index (χ0) is 18.7. The summed E-state index contributed by atoms with van der Waals surface area (Å²) in [5.74, 6) is -0.0493. The van der Waals surface area contributed by atoms with Crippen LogP contribution in [0, 0.1) is 20.8 Å². The van der Waals surface area contributed by atoms with Crippen LogP contribution in [-0.2, 0) is 4.79 Å². The first-order valence-corrected chi connectivity index (χ1v) is 9.35. The first-order valence-electron chi connectivity index (χ1n) is 8.47. The first kappa shape index (κ1) is 18.2. The molecule has 0 aliphatic heterocycles. The minimum atomic E-state index is -0.305. The van der Waals surface area contributed by atoms with Crippen LogP contribution in [0.1, 0.15) is 23.6 Å². The molecule has 0 saturated heterocycles. The molecular formula is C20H22N4OS. The predicted octanol–water partition coefficient (Wildman–Crippen LogP) is 4.31. The number of para-hydroxylation sites is 2. The van der Waals surface area contributed by atoms with Crippen LogP contribution in [-0.4, -0.2) is 25.9 Å². The maximum absolute atomic E-state index is 12.7. The molecule has 26 heavy (non-hydrogen) atoms. The molecule has 1 aromatic heterocycles. The lowest BCUT2D eigenvalue weighted by Crippen LogP contribution is -2.23. The van der Waals surface area contributed by atoms with Crippen molar-refractivity contribution in [1.82, 2.24) is 14.8 Å². The van der Waals surface area contributed by atoms with E-state index in [1.54, 1.807) is 6.33 Å². The van der Waals surface area contributed by atoms with E-state index in [-0.39, 0.29) is 11.2 Å². The number of aryl methyl sites for hydroxylation is 3. The Morgan fingerprint density at radius 2 is 1.69 bits per heavy atom. The number of hydrogen-bond acceptors (Lipinski definition) is 4. The van der Waals surface area contributed by atoms with Crippen molar-refractivity contribution in [2.24, 2.45) is 0 Å². The largest absolute Gasteiger partial charge is 0.325 e. The van der Waals surface area contributed by atoms with Gasteiger partial charge < -0.3 is 5.32 Å². The molecule has 0 aliphatic carbocycles. The van der Waals surface area contributed by atoms with Crippen LogP contribution in [0.25, 0.3) is 5.69 Å². The van der Waals surface area contributed by atoms with E-state index in [1.807, 2.05) is 74.7 Å². The lowest BCUT2D eigenvalue weighted by molar-refractivity contribution is -0.115. The van der Waals surface area contributed by atoms with Gasteiger partial charge in [0.15, 0.2) is 5.16 Å². The van der Waals surface area contributed by atoms with Gasteiger partial charge in [-0.25, -0.2) is 0 Å². The van der Waals surface area contributed by atoms with Gasteiger partial charge in [0.25, 0.3) is 0 Å². The summed E-state index contributed by atoms with van der Waals surface area (Å²) < 4.78 is 1.92. The molecule has 0 spiro atoms. The molecule has 2 aromatic carbocycles. The second-order valence-electron chi connectivity index (χ2n) is 6.29. The Labute approximate surface area is 157 Å². The number of nitrogens with one attached hydrogen (secondary N) is 1. The maximum atomic E-state index is 12.7. The van der Waals surface area contributed by atoms with Gasteiger partial charge in [-0.05, 0) is 50.5 Å². The molecule has 6 heteroatoms. The summed E-state index contributed by atoms with van der Waals surface area (Å²) >= 11 is 1.40. The van der Waals surface area contributed by atoms with Crippen LogP contribution in [0.2, 0.25) is 0 Å². The van der Waals surface area contributed by atoms with Crippen LogP contribution in [0.5, 0.6) is 0 Å². The van der Waals surface area contributed by atoms with Gasteiger partial charge in [-0.3, -0.25) is 9.36 Å². The monoisotopic (exact) mass is 366 g/mol. The average molecular weight is 366 g/mol. The van der Waals surface area contributed by atoms with Crippen LogP contribution in [0.4, 0.5) is 5.69 Å². The average Bonchev–Trinajstić information content (AvgIpc) is 3.06. The van der Waals surface area contributed by atoms with E-state index in [4.69, 9.17) is 0 Å². The molecule has 134 valence electrons. The van der Waals surface area contributed by atoms with E-state index in [9.17, 15) is 4.79 Å². The number of amides is 1. The fourth-order valence-electron chi connectivity index (χ4n) is 2.75. The molecule has 1 amide bonds. The Bertz CT molecular complexity index is 915. The van der Waals surface area contributed by atoms with Gasteiger partial charge in [-0.1, -0.05) is 48.2 Å². The number of hydrogen-bond donors (Lipinski definition) is 1. The second kappa shape index (κ2) is 7.74. The van der Waals surface area contributed by atoms with Crippen molar-refractivity contribution in [3.05, 3.63) is 65.5 Å². The van der Waals surface area contributed by atoms with E-state index in [0.717, 1.165) is 28.1 Å². The third-order valence-corrected chi connectivity index (χ3v) is 5.33. The fraction of sp³-hybridized carbons (Fsp3) is 0.250. The highest BCUT2D eigenvalue weighted by atomic mass is 32.2. The summed E-state index contributed by atoms with van der Waals surface area (Å²) in [4.78, 5) is 12.7. The minimum absolute atomic E-state index is 0.0493. The number of nitrogens with zero attached hydrogens (tertiary/aromatic N) is 3. The fourth-order valence-corrected chi connectivity index (χ4v) is 3.59. The number of benzene rings is 2. The van der Waals surface area contributed by atoms with Gasteiger partial charge in [0.1, 0.15) is 6.33 Å². The van der Waals surface area contributed by atoms with Gasteiger partial charge in [0, 0.05) is 5.69 Å². The molecular weight excluding hydrogens is 344 g/mol. The molecule has 1 unspecified atom stereocenters. The Morgan fingerprint density at radius 3 is 2.38 bits per heavy atom. The lowest BCUT2D eigenvalue weighted by Gasteiger charge is -2.16. The third-order valence-electron chi connectivity index (χ3n) is 4.27. The highest BCUT2D eigenvalue weighted by molar-refractivity contribution is 8.00. The molecule has 0 aliphatic rings. The van der Waals surface area contributed by atoms with Gasteiger partial charge in [-0.15, -0.1) is 10.2 Å². The molecule has 0 radical (unpaired) electrons. The van der Waals surface area contributed by atoms with Crippen molar-refractivity contribution in [2.75, 3.05) is 5.32 Å². The van der Waals surface area contributed by atoms with Crippen molar-refractivity contribution in [2.45, 2.75) is 38.1 Å². The van der Waals surface area contributed by atoms with Crippen molar-refractivity contribution in [1.29, 1.82) is 0 Å². The number of carbonyl (C=O) groups excluding carboxylic acids is 1. The standard InChI is InChI=1S/C20H22N4OS/c1-13-8-5-6-11-17(13)24-12-21-23-20(24)26-16(4)19(25)22-18-14(2)9-7-10-15(18)3/h5-12,16H,1-4H3,(H,22,25). The molecule has 1 N–H and O–H groups in total. The number of aromatic nitrogens is 3. The van der Waals surface area contributed by atoms with E-state index < -0.39 is 0 Å². The predicted molar refractivity (Wildman–Crippen MR) is 106 cm³/mol. The molecule has 3 aromatic rings. The van der Waals surface area contributed by atoms with E-state index >= 15 is 0 Å². The van der Waals surface area contributed by atoms with Gasteiger partial charge in [0.05, 0.1) is 10.9 Å². The van der Waals surface area contributed by atoms with Crippen LogP contribution >= 0.6 is 11.8 Å². The first-order chi connectivity index (χ1) is 12.5. The number of anilines is 1. The van der Waals surface area contributed by atoms with E-state index in [0.29, 0.717) is 5.16 Å². The zero-order valence-electron chi connectivity index (χ0n) is 15.4. The quantitative estimate of drug-likeness (QED) is 0.684. The van der Waals surface area contributed by atoms with Gasteiger partial charge in [-0.2, -0.15) is 0 Å². The van der Waals surface area contributed by atoms with Crippen molar-refractivity contribution in [3.63, 3.8) is 0 Å². The summed E-state index contributed by atoms with van der Waals surface area (Å²) in [6, 6.07) is 14.0. The van der Waals surface area contributed by atoms with Crippen molar-refractivity contribution >= 4 is 23.4 Å². The van der Waals surface area contributed by atoms with Gasteiger partial charge in [0.2, 0.25) is 5.91 Å². The third kappa shape index (κ3) is 3.80. The summed E-state index contributed by atoms with van der Waals surface area (Å²) in [6.07, 6.45) is 1.68. The molecule has 1 heterocycles. The number of rotatable bonds is 5. The van der Waals surface area contributed by atoms with E-state index in [1.165, 1.54) is 11.8 Å². The Kier molecular flexibility index (Phi) is 5.42. The second-order valence-corrected chi connectivity index (χ2v) is 7.59. The van der Waals surface area contributed by atoms with Crippen molar-refractivity contribution < 1.29 is 4.79 Å². The number of thioether (sulfide) groups is 1. The molecule has 0 fully saturated rings. The van der Waals surface area contributed by atoms with Crippen LogP contribution in [0.3, 0.4) is 0 Å². The minimum Gasteiger partial charge on any atom is -0.325 e. The number of carbonyl (C=O) groups is 1. The Morgan fingerprint density at radius 1 is 1.04 bits per heavy atom. The Hall–Kier alpha value is -2.60. The lowest BCUT2D eigenvalue weighted by atomic mass is 10.1. The van der Waals surface area contributed by atoms with Crippen molar-refractivity contribution in [3.8, 4) is 5.69 Å². The molecule has 0 bridgehead atoms. The summed E-state index contributed by atoms with van der Waals surface area (Å²) in [6.45, 7) is 7.91. The summed E-state index contributed by atoms with van der Waals surface area (Å²) in [5, 5.41) is 11.7. The van der Waals surface area contributed by atoms with Crippen LogP contribution < -0.4 is 5.32 Å². The zero-order valence-corrected chi connectivity index (χ0v) is 16.2. The SMILES string of the molecule is Cc1ccccc1-n1cnnc1SC(C)C(=O)Nc1c(C)cccc1C. The highest BCUT2D eigenvalue weighted by Gasteiger charge is 2.20. The van der Waals surface area contributed by atoms with Crippen LogP contribution in [0.15, 0.2) is 53.9 Å². The summed E-state index contributed by atoms with van der Waals surface area (Å²) in [7, 11) is 0. The van der Waals surface area contributed by atoms with Gasteiger partial charge >= 0.3 is 0 Å². The Balaban J connectivity index is 1.77. The molecule has 0 saturated carbocycles. The topological polar surface area (TPSA) is 59.8 Å².